The average Bonchev–Trinajstić information content (AvgIpc) is 3.14. The van der Waals surface area contributed by atoms with Gasteiger partial charge in [-0.25, -0.2) is 9.59 Å². The average molecular weight is 396 g/mol. The number of hydrogen-bond acceptors (Lipinski definition) is 6. The maximum absolute atomic E-state index is 12.2. The van der Waals surface area contributed by atoms with Crippen LogP contribution in [0.4, 0.5) is 0 Å². The third-order valence-corrected chi connectivity index (χ3v) is 4.34. The number of phenolic OH excluding ortho intramolecular Hbond substituents is 1. The lowest BCUT2D eigenvalue weighted by Gasteiger charge is -2.16. The fourth-order valence-corrected chi connectivity index (χ4v) is 2.94. The van der Waals surface area contributed by atoms with E-state index in [0.717, 1.165) is 16.5 Å². The minimum absolute atomic E-state index is 0.0895. The number of aromatic amines is 1. The first-order valence-electron chi connectivity index (χ1n) is 8.86. The van der Waals surface area contributed by atoms with Crippen LogP contribution in [0.5, 0.6) is 5.75 Å². The molecule has 8 heteroatoms. The molecule has 8 nitrogen and oxygen atoms in total. The van der Waals surface area contributed by atoms with Gasteiger partial charge in [-0.05, 0) is 29.8 Å². The van der Waals surface area contributed by atoms with Crippen LogP contribution in [-0.2, 0) is 25.5 Å². The van der Waals surface area contributed by atoms with Gasteiger partial charge in [-0.15, -0.1) is 0 Å². The van der Waals surface area contributed by atoms with Crippen LogP contribution in [0.2, 0.25) is 0 Å². The van der Waals surface area contributed by atoms with Gasteiger partial charge < -0.3 is 24.9 Å². The molecule has 1 atom stereocenters. The first kappa shape index (κ1) is 19.9. The maximum atomic E-state index is 12.2. The molecule has 1 heterocycles. The van der Waals surface area contributed by atoms with Crippen LogP contribution in [0.1, 0.15) is 15.9 Å². The number of methoxy groups -OCH3 is 1. The highest BCUT2D eigenvalue weighted by Crippen LogP contribution is 2.19. The molecule has 0 unspecified atom stereocenters. The van der Waals surface area contributed by atoms with E-state index >= 15 is 0 Å². The van der Waals surface area contributed by atoms with Crippen molar-refractivity contribution in [2.24, 2.45) is 0 Å². The Balaban J connectivity index is 1.63. The van der Waals surface area contributed by atoms with Gasteiger partial charge in [0, 0.05) is 23.5 Å². The number of nitrogens with one attached hydrogen (secondary N) is 2. The van der Waals surface area contributed by atoms with Gasteiger partial charge in [0.2, 0.25) is 0 Å². The van der Waals surface area contributed by atoms with Crippen molar-refractivity contribution < 1.29 is 29.0 Å². The molecule has 3 rings (SSSR count). The molecule has 0 aliphatic carbocycles. The minimum atomic E-state index is -0.939. The molecule has 0 saturated heterocycles. The molecule has 1 aromatic heterocycles. The molecular weight excluding hydrogens is 376 g/mol. The smallest absolute Gasteiger partial charge is 0.338 e. The second kappa shape index (κ2) is 8.92. The van der Waals surface area contributed by atoms with E-state index < -0.39 is 30.5 Å². The predicted octanol–water partition coefficient (Wildman–Crippen LogP) is 1.93. The fraction of sp³-hybridized carbons (Fsp3) is 0.190. The van der Waals surface area contributed by atoms with E-state index in [1.807, 2.05) is 24.3 Å². The van der Waals surface area contributed by atoms with Crippen molar-refractivity contribution in [2.45, 2.75) is 12.5 Å². The number of hydrogen-bond donors (Lipinski definition) is 3. The Kier molecular flexibility index (Phi) is 6.13. The number of ether oxygens (including phenoxy) is 2. The van der Waals surface area contributed by atoms with Crippen LogP contribution in [-0.4, -0.2) is 47.7 Å². The maximum Gasteiger partial charge on any atom is 0.338 e. The van der Waals surface area contributed by atoms with Gasteiger partial charge >= 0.3 is 11.9 Å². The fourth-order valence-electron chi connectivity index (χ4n) is 2.94. The van der Waals surface area contributed by atoms with Gasteiger partial charge in [0.05, 0.1) is 12.7 Å². The zero-order valence-electron chi connectivity index (χ0n) is 15.7. The lowest BCUT2D eigenvalue weighted by Crippen LogP contribution is -2.44. The third-order valence-electron chi connectivity index (χ3n) is 4.34. The minimum Gasteiger partial charge on any atom is -0.508 e. The van der Waals surface area contributed by atoms with Gasteiger partial charge in [-0.2, -0.15) is 0 Å². The molecular formula is C21H20N2O6. The zero-order chi connectivity index (χ0) is 20.8. The first-order chi connectivity index (χ1) is 14.0. The van der Waals surface area contributed by atoms with Crippen molar-refractivity contribution in [2.75, 3.05) is 13.7 Å². The van der Waals surface area contributed by atoms with Crippen molar-refractivity contribution in [3.8, 4) is 5.75 Å². The van der Waals surface area contributed by atoms with Crippen LogP contribution in [0, 0.1) is 0 Å². The normalized spacial score (nSPS) is 11.6. The first-order valence-corrected chi connectivity index (χ1v) is 8.86. The van der Waals surface area contributed by atoms with Crippen molar-refractivity contribution >= 4 is 28.7 Å². The van der Waals surface area contributed by atoms with E-state index in [-0.39, 0.29) is 17.7 Å². The predicted molar refractivity (Wildman–Crippen MR) is 104 cm³/mol. The van der Waals surface area contributed by atoms with E-state index in [1.54, 1.807) is 6.20 Å². The van der Waals surface area contributed by atoms with Gasteiger partial charge in [0.25, 0.3) is 5.91 Å². The van der Waals surface area contributed by atoms with Crippen LogP contribution in [0.25, 0.3) is 10.9 Å². The number of phenols is 1. The molecule has 3 aromatic rings. The molecule has 1 amide bonds. The molecule has 0 spiro atoms. The SMILES string of the molecule is COC(=O)[C@@H](Cc1c[nH]c2ccccc12)NC(=O)COC(=O)c1cccc(O)c1. The number of benzene rings is 2. The summed E-state index contributed by atoms with van der Waals surface area (Å²) in [6, 6.07) is 12.2. The summed E-state index contributed by atoms with van der Waals surface area (Å²) in [5, 5.41) is 12.9. The summed E-state index contributed by atoms with van der Waals surface area (Å²) in [6.07, 6.45) is 1.98. The number of para-hydroxylation sites is 1. The Morgan fingerprint density at radius 2 is 1.93 bits per heavy atom. The summed E-state index contributed by atoms with van der Waals surface area (Å²) in [7, 11) is 1.23. The summed E-state index contributed by atoms with van der Waals surface area (Å²) in [5.41, 5.74) is 1.87. The molecule has 0 bridgehead atoms. The van der Waals surface area contributed by atoms with Crippen molar-refractivity contribution in [3.05, 3.63) is 65.9 Å². The van der Waals surface area contributed by atoms with Crippen LogP contribution < -0.4 is 5.32 Å². The lowest BCUT2D eigenvalue weighted by atomic mass is 10.0. The molecule has 0 radical (unpaired) electrons. The van der Waals surface area contributed by atoms with Gasteiger partial charge in [-0.1, -0.05) is 24.3 Å². The molecule has 150 valence electrons. The van der Waals surface area contributed by atoms with Crippen molar-refractivity contribution in [1.82, 2.24) is 10.3 Å². The monoisotopic (exact) mass is 396 g/mol. The Labute approximate surface area is 166 Å². The third kappa shape index (κ3) is 4.92. The number of esters is 2. The molecule has 2 aromatic carbocycles. The molecule has 0 aliphatic rings. The van der Waals surface area contributed by atoms with Crippen LogP contribution in [0.3, 0.4) is 0 Å². The molecule has 0 fully saturated rings. The number of rotatable bonds is 7. The van der Waals surface area contributed by atoms with E-state index in [4.69, 9.17) is 9.47 Å². The lowest BCUT2D eigenvalue weighted by molar-refractivity contribution is -0.145. The number of aromatic hydroxyl groups is 1. The second-order valence-electron chi connectivity index (χ2n) is 6.33. The highest BCUT2D eigenvalue weighted by Gasteiger charge is 2.24. The van der Waals surface area contributed by atoms with Crippen LogP contribution in [0.15, 0.2) is 54.7 Å². The highest BCUT2D eigenvalue weighted by molar-refractivity contribution is 5.92. The van der Waals surface area contributed by atoms with E-state index in [2.05, 4.69) is 10.3 Å². The molecule has 3 N–H and O–H groups in total. The number of carbonyl (C=O) groups excluding carboxylic acids is 3. The summed E-state index contributed by atoms with van der Waals surface area (Å²) in [6.45, 7) is -0.574. The molecule has 29 heavy (non-hydrogen) atoms. The van der Waals surface area contributed by atoms with E-state index in [0.29, 0.717) is 0 Å². The topological polar surface area (TPSA) is 118 Å². The highest BCUT2D eigenvalue weighted by atomic mass is 16.5. The number of amides is 1. The number of H-pyrrole nitrogens is 1. The summed E-state index contributed by atoms with van der Waals surface area (Å²) < 4.78 is 9.73. The Morgan fingerprint density at radius 1 is 1.14 bits per heavy atom. The quantitative estimate of drug-likeness (QED) is 0.525. The Hall–Kier alpha value is -3.81. The number of fused-ring (bicyclic) bond motifs is 1. The van der Waals surface area contributed by atoms with Gasteiger partial charge in [-0.3, -0.25) is 4.79 Å². The standard InChI is InChI=1S/C21H20N2O6/c1-28-21(27)18(10-14-11-22-17-8-3-2-7-16(14)17)23-19(25)12-29-20(26)13-5-4-6-15(24)9-13/h2-9,11,18,22,24H,10,12H2,1H3,(H,23,25)/t18-/m1/s1. The Morgan fingerprint density at radius 3 is 2.69 bits per heavy atom. The summed E-state index contributed by atoms with van der Waals surface area (Å²) in [5.74, 6) is -2.10. The largest absolute Gasteiger partial charge is 0.508 e. The zero-order valence-corrected chi connectivity index (χ0v) is 15.7. The molecule has 0 aliphatic heterocycles. The molecule has 0 saturated carbocycles. The van der Waals surface area contributed by atoms with Crippen molar-refractivity contribution in [1.29, 1.82) is 0 Å². The van der Waals surface area contributed by atoms with Gasteiger partial charge in [0.1, 0.15) is 11.8 Å². The number of carbonyl (C=O) groups is 3. The second-order valence-corrected chi connectivity index (χ2v) is 6.33. The number of aromatic nitrogens is 1. The summed E-state index contributed by atoms with van der Waals surface area (Å²) >= 11 is 0. The van der Waals surface area contributed by atoms with Crippen LogP contribution >= 0.6 is 0 Å². The van der Waals surface area contributed by atoms with Crippen molar-refractivity contribution in [3.63, 3.8) is 0 Å². The van der Waals surface area contributed by atoms with Gasteiger partial charge in [0.15, 0.2) is 6.61 Å². The van der Waals surface area contributed by atoms with E-state index in [9.17, 15) is 19.5 Å². The Bertz CT molecular complexity index is 1040. The summed E-state index contributed by atoms with van der Waals surface area (Å²) in [4.78, 5) is 39.4. The van der Waals surface area contributed by atoms with E-state index in [1.165, 1.54) is 31.4 Å².